The van der Waals surface area contributed by atoms with Gasteiger partial charge in [-0.25, -0.2) is 17.5 Å². The van der Waals surface area contributed by atoms with Gasteiger partial charge in [0.1, 0.15) is 16.7 Å². The Balaban J connectivity index is 3.10. The van der Waals surface area contributed by atoms with Gasteiger partial charge in [-0.15, -0.1) is 0 Å². The standard InChI is InChI=1S/C13H20N2O6S/c1-7(2)11(13(17)18)14-12(16)9-6-10(8(3)21-9)22(19,20)15(4)5/h6-7,11H,1-5H3,(H,14,16)(H,17,18)/t11-/m1/s1. The van der Waals surface area contributed by atoms with Crippen LogP contribution in [-0.2, 0) is 14.8 Å². The first-order valence-electron chi connectivity index (χ1n) is 6.55. The van der Waals surface area contributed by atoms with E-state index in [9.17, 15) is 18.0 Å². The van der Waals surface area contributed by atoms with Gasteiger partial charge in [0, 0.05) is 20.2 Å². The highest BCUT2D eigenvalue weighted by atomic mass is 32.2. The van der Waals surface area contributed by atoms with Gasteiger partial charge in [0.15, 0.2) is 5.76 Å². The highest BCUT2D eigenvalue weighted by molar-refractivity contribution is 7.89. The second-order valence-corrected chi connectivity index (χ2v) is 7.47. The summed E-state index contributed by atoms with van der Waals surface area (Å²) in [6, 6.07) is 0.00555. The van der Waals surface area contributed by atoms with Crippen molar-refractivity contribution in [3.05, 3.63) is 17.6 Å². The van der Waals surface area contributed by atoms with Crippen LogP contribution in [0.4, 0.5) is 0 Å². The normalized spacial score (nSPS) is 13.4. The van der Waals surface area contributed by atoms with Crippen molar-refractivity contribution in [3.8, 4) is 0 Å². The van der Waals surface area contributed by atoms with E-state index in [-0.39, 0.29) is 22.3 Å². The summed E-state index contributed by atoms with van der Waals surface area (Å²) >= 11 is 0. The number of aliphatic carboxylic acids is 1. The van der Waals surface area contributed by atoms with Crippen molar-refractivity contribution in [1.82, 2.24) is 9.62 Å². The molecule has 0 saturated carbocycles. The molecule has 2 N–H and O–H groups in total. The molecule has 9 heteroatoms. The van der Waals surface area contributed by atoms with Crippen LogP contribution in [0, 0.1) is 12.8 Å². The molecule has 0 aliphatic carbocycles. The summed E-state index contributed by atoms with van der Waals surface area (Å²) in [5.74, 6) is -2.46. The molecule has 0 bridgehead atoms. The molecule has 1 rings (SSSR count). The summed E-state index contributed by atoms with van der Waals surface area (Å²) in [7, 11) is -1.01. The van der Waals surface area contributed by atoms with E-state index in [1.807, 2.05) is 0 Å². The molecule has 1 atom stereocenters. The van der Waals surface area contributed by atoms with Crippen LogP contribution < -0.4 is 5.32 Å². The maximum atomic E-state index is 12.1. The van der Waals surface area contributed by atoms with Gasteiger partial charge in [-0.05, 0) is 12.8 Å². The third kappa shape index (κ3) is 3.66. The molecule has 0 aromatic carbocycles. The molecule has 124 valence electrons. The van der Waals surface area contributed by atoms with Crippen molar-refractivity contribution in [2.45, 2.75) is 31.7 Å². The number of furan rings is 1. The van der Waals surface area contributed by atoms with Gasteiger partial charge in [0.05, 0.1) is 0 Å². The number of hydrogen-bond acceptors (Lipinski definition) is 5. The number of carboxylic acids is 1. The summed E-state index contributed by atoms with van der Waals surface area (Å²) in [5.41, 5.74) is 0. The smallest absolute Gasteiger partial charge is 0.326 e. The van der Waals surface area contributed by atoms with Crippen molar-refractivity contribution >= 4 is 21.9 Å². The molecular weight excluding hydrogens is 312 g/mol. The van der Waals surface area contributed by atoms with Gasteiger partial charge >= 0.3 is 5.97 Å². The molecule has 0 aliphatic rings. The number of nitrogens with one attached hydrogen (secondary N) is 1. The van der Waals surface area contributed by atoms with Crippen LogP contribution in [0.2, 0.25) is 0 Å². The first kappa shape index (κ1) is 18.2. The summed E-state index contributed by atoms with van der Waals surface area (Å²) in [5, 5.41) is 11.4. The Hall–Kier alpha value is -1.87. The molecule has 8 nitrogen and oxygen atoms in total. The van der Waals surface area contributed by atoms with E-state index >= 15 is 0 Å². The van der Waals surface area contributed by atoms with Crippen LogP contribution in [0.3, 0.4) is 0 Å². The second kappa shape index (κ2) is 6.49. The Bertz CT molecular complexity index is 675. The highest BCUT2D eigenvalue weighted by Gasteiger charge is 2.29. The number of amides is 1. The van der Waals surface area contributed by atoms with Crippen LogP contribution in [-0.4, -0.2) is 49.8 Å². The number of aryl methyl sites for hydroxylation is 1. The summed E-state index contributed by atoms with van der Waals surface area (Å²) < 4.78 is 30.3. The monoisotopic (exact) mass is 332 g/mol. The highest BCUT2D eigenvalue weighted by Crippen LogP contribution is 2.22. The van der Waals surface area contributed by atoms with Gasteiger partial charge in [-0.2, -0.15) is 0 Å². The number of rotatable bonds is 6. The first-order valence-corrected chi connectivity index (χ1v) is 7.99. The zero-order valence-corrected chi connectivity index (χ0v) is 13.9. The van der Waals surface area contributed by atoms with E-state index in [0.29, 0.717) is 0 Å². The molecule has 0 saturated heterocycles. The number of carboxylic acid groups (broad SMARTS) is 1. The van der Waals surface area contributed by atoms with Gasteiger partial charge in [0.25, 0.3) is 5.91 Å². The fraction of sp³-hybridized carbons (Fsp3) is 0.538. The van der Waals surface area contributed by atoms with E-state index < -0.39 is 27.9 Å². The SMILES string of the molecule is Cc1oc(C(=O)N[C@@H](C(=O)O)C(C)C)cc1S(=O)(=O)N(C)C. The topological polar surface area (TPSA) is 117 Å². The second-order valence-electron chi connectivity index (χ2n) is 5.35. The maximum absolute atomic E-state index is 12.1. The molecule has 22 heavy (non-hydrogen) atoms. The Kier molecular flexibility index (Phi) is 5.36. The van der Waals surface area contributed by atoms with Gasteiger partial charge in [-0.1, -0.05) is 13.8 Å². The lowest BCUT2D eigenvalue weighted by Gasteiger charge is -2.16. The molecular formula is C13H20N2O6S. The molecule has 1 amide bonds. The number of sulfonamides is 1. The quantitative estimate of drug-likeness (QED) is 0.791. The minimum atomic E-state index is -3.74. The van der Waals surface area contributed by atoms with Crippen LogP contribution in [0.5, 0.6) is 0 Å². The molecule has 0 unspecified atom stereocenters. The van der Waals surface area contributed by atoms with Crippen LogP contribution in [0.1, 0.15) is 30.2 Å². The maximum Gasteiger partial charge on any atom is 0.326 e. The zero-order valence-electron chi connectivity index (χ0n) is 13.1. The van der Waals surface area contributed by atoms with Crippen molar-refractivity contribution in [3.63, 3.8) is 0 Å². The van der Waals surface area contributed by atoms with Crippen LogP contribution >= 0.6 is 0 Å². The summed E-state index contributed by atoms with van der Waals surface area (Å²) in [6.45, 7) is 4.72. The summed E-state index contributed by atoms with van der Waals surface area (Å²) in [6.07, 6.45) is 0. The van der Waals surface area contributed by atoms with Gasteiger partial charge < -0.3 is 14.8 Å². The number of carbonyl (C=O) groups excluding carboxylic acids is 1. The lowest BCUT2D eigenvalue weighted by molar-refractivity contribution is -0.140. The van der Waals surface area contributed by atoms with Crippen LogP contribution in [0.15, 0.2) is 15.4 Å². The molecule has 1 aromatic heterocycles. The minimum absolute atomic E-state index is 0.0651. The predicted octanol–water partition coefficient (Wildman–Crippen LogP) is 0.677. The fourth-order valence-corrected chi connectivity index (χ4v) is 2.81. The molecule has 0 radical (unpaired) electrons. The van der Waals surface area contributed by atoms with E-state index in [1.165, 1.54) is 21.0 Å². The third-order valence-corrected chi connectivity index (χ3v) is 5.00. The molecule has 0 aliphatic heterocycles. The van der Waals surface area contributed by atoms with Crippen molar-refractivity contribution in [1.29, 1.82) is 0 Å². The lowest BCUT2D eigenvalue weighted by Crippen LogP contribution is -2.44. The third-order valence-electron chi connectivity index (χ3n) is 3.07. The van der Waals surface area contributed by atoms with Gasteiger partial charge in [0.2, 0.25) is 10.0 Å². The number of nitrogens with zero attached hydrogens (tertiary/aromatic N) is 1. The predicted molar refractivity (Wildman–Crippen MR) is 78.0 cm³/mol. The Morgan fingerprint density at radius 1 is 1.32 bits per heavy atom. The fourth-order valence-electron chi connectivity index (χ4n) is 1.76. The van der Waals surface area contributed by atoms with Crippen molar-refractivity contribution < 1.29 is 27.5 Å². The van der Waals surface area contributed by atoms with Gasteiger partial charge in [-0.3, -0.25) is 4.79 Å². The molecule has 0 spiro atoms. The zero-order chi connectivity index (χ0) is 17.2. The largest absolute Gasteiger partial charge is 0.480 e. The molecule has 1 aromatic rings. The van der Waals surface area contributed by atoms with Crippen LogP contribution in [0.25, 0.3) is 0 Å². The van der Waals surface area contributed by atoms with Crippen molar-refractivity contribution in [2.24, 2.45) is 5.92 Å². The average Bonchev–Trinajstić information content (AvgIpc) is 2.77. The average molecular weight is 332 g/mol. The Morgan fingerprint density at radius 3 is 2.27 bits per heavy atom. The number of carbonyl (C=O) groups is 2. The Morgan fingerprint density at radius 2 is 1.86 bits per heavy atom. The number of hydrogen-bond donors (Lipinski definition) is 2. The summed E-state index contributed by atoms with van der Waals surface area (Å²) in [4.78, 5) is 23.0. The molecule has 1 heterocycles. The van der Waals surface area contributed by atoms with E-state index in [4.69, 9.17) is 9.52 Å². The minimum Gasteiger partial charge on any atom is -0.480 e. The first-order chi connectivity index (χ1) is 9.98. The van der Waals surface area contributed by atoms with Crippen molar-refractivity contribution in [2.75, 3.05) is 14.1 Å². The Labute approximate surface area is 129 Å². The molecule has 0 fully saturated rings. The van der Waals surface area contributed by atoms with E-state index in [0.717, 1.165) is 10.4 Å². The van der Waals surface area contributed by atoms with E-state index in [1.54, 1.807) is 13.8 Å². The van der Waals surface area contributed by atoms with E-state index in [2.05, 4.69) is 5.32 Å². The lowest BCUT2D eigenvalue weighted by atomic mass is 10.0.